The lowest BCUT2D eigenvalue weighted by molar-refractivity contribution is -0.150. The van der Waals surface area contributed by atoms with Gasteiger partial charge in [0.25, 0.3) is 0 Å². The first-order valence-electron chi connectivity index (χ1n) is 3.56. The van der Waals surface area contributed by atoms with E-state index in [2.05, 4.69) is 4.74 Å². The Bertz CT molecular complexity index is 151. The van der Waals surface area contributed by atoms with Crippen LogP contribution in [0.3, 0.4) is 0 Å². The molecule has 0 bridgehead atoms. The van der Waals surface area contributed by atoms with Crippen molar-refractivity contribution in [3.05, 3.63) is 0 Å². The smallest absolute Gasteiger partial charge is 0.184 e. The van der Waals surface area contributed by atoms with Gasteiger partial charge in [-0.2, -0.15) is 0 Å². The topological polar surface area (TPSA) is 110 Å². The van der Waals surface area contributed by atoms with Gasteiger partial charge >= 0.3 is 0 Å². The fourth-order valence-corrected chi connectivity index (χ4v) is 1.11. The van der Waals surface area contributed by atoms with Crippen LogP contribution in [0.25, 0.3) is 0 Å². The van der Waals surface area contributed by atoms with Crippen molar-refractivity contribution in [1.82, 2.24) is 0 Å². The molecule has 1 unspecified atom stereocenters. The van der Waals surface area contributed by atoms with Crippen molar-refractivity contribution in [2.45, 2.75) is 30.7 Å². The summed E-state index contributed by atoms with van der Waals surface area (Å²) < 4.78 is 4.58. The molecule has 6 nitrogen and oxygen atoms in total. The summed E-state index contributed by atoms with van der Waals surface area (Å²) in [5.41, 5.74) is 0. The quantitative estimate of drug-likeness (QED) is 0.306. The molecule has 1 fully saturated rings. The molecule has 1 aliphatic rings. The highest BCUT2D eigenvalue weighted by Gasteiger charge is 2.44. The van der Waals surface area contributed by atoms with Crippen molar-refractivity contribution in [2.75, 3.05) is 6.61 Å². The third-order valence-corrected chi connectivity index (χ3v) is 1.84. The van der Waals surface area contributed by atoms with E-state index in [0.717, 1.165) is 0 Å². The van der Waals surface area contributed by atoms with Crippen molar-refractivity contribution in [2.24, 2.45) is 0 Å². The lowest BCUT2D eigenvalue weighted by atomic mass is 10.1. The van der Waals surface area contributed by atoms with Crippen LogP contribution >= 0.6 is 0 Å². The molecule has 0 saturated carbocycles. The van der Waals surface area contributed by atoms with Gasteiger partial charge in [-0.05, 0) is 0 Å². The molecule has 0 aromatic heterocycles. The number of hydrogen-bond acceptors (Lipinski definition) is 6. The second-order valence-corrected chi connectivity index (χ2v) is 2.72. The summed E-state index contributed by atoms with van der Waals surface area (Å²) in [6, 6.07) is 0. The summed E-state index contributed by atoms with van der Waals surface area (Å²) in [6.45, 7) is -0.596. The molecule has 5 N–H and O–H groups in total. The van der Waals surface area contributed by atoms with Gasteiger partial charge in [-0.15, -0.1) is 0 Å². The van der Waals surface area contributed by atoms with E-state index in [1.165, 1.54) is 0 Å². The van der Waals surface area contributed by atoms with Crippen LogP contribution in [0, 0.1) is 0 Å². The highest BCUT2D eigenvalue weighted by atomic mass is 16.6. The van der Waals surface area contributed by atoms with Gasteiger partial charge in [0.1, 0.15) is 24.4 Å². The fraction of sp³-hybridized carbons (Fsp3) is 1.00. The number of rotatable bonds is 2. The lowest BCUT2D eigenvalue weighted by Crippen LogP contribution is -2.40. The third kappa shape index (κ3) is 1.58. The summed E-state index contributed by atoms with van der Waals surface area (Å²) in [7, 11) is 0. The Morgan fingerprint density at radius 1 is 1.17 bits per heavy atom. The van der Waals surface area contributed by atoms with Crippen LogP contribution in [0.1, 0.15) is 0 Å². The van der Waals surface area contributed by atoms with Gasteiger partial charge < -0.3 is 30.3 Å². The van der Waals surface area contributed by atoms with Crippen LogP contribution in [-0.2, 0) is 4.74 Å². The van der Waals surface area contributed by atoms with E-state index in [0.29, 0.717) is 0 Å². The van der Waals surface area contributed by atoms with E-state index in [1.54, 1.807) is 0 Å². The summed E-state index contributed by atoms with van der Waals surface area (Å²) in [5.74, 6) is 0. The average molecular weight is 180 g/mol. The Kier molecular flexibility index (Phi) is 2.99. The largest absolute Gasteiger partial charge is 0.394 e. The van der Waals surface area contributed by atoms with Crippen LogP contribution in [0.5, 0.6) is 0 Å². The zero-order valence-electron chi connectivity index (χ0n) is 6.24. The highest BCUT2D eigenvalue weighted by molar-refractivity contribution is 4.89. The second-order valence-electron chi connectivity index (χ2n) is 2.72. The maximum absolute atomic E-state index is 9.12. The first-order valence-corrected chi connectivity index (χ1v) is 3.56. The molecule has 0 amide bonds. The van der Waals surface area contributed by atoms with Crippen LogP contribution in [0.4, 0.5) is 0 Å². The second kappa shape index (κ2) is 3.65. The molecule has 72 valence electrons. The molecule has 12 heavy (non-hydrogen) atoms. The molecular formula is C6H12O6. The van der Waals surface area contributed by atoms with Crippen molar-refractivity contribution in [1.29, 1.82) is 0 Å². The standard InChI is InChI=1S/C6H12O6/c7-1-2(8)5-3(9)4(10)6(11)12-5/h2-11H,1H2/t2?,3-,4+,5+,6-/m0/s1. The van der Waals surface area contributed by atoms with Crippen molar-refractivity contribution in [3.63, 3.8) is 0 Å². The molecule has 1 saturated heterocycles. The lowest BCUT2D eigenvalue weighted by Gasteiger charge is -2.18. The molecule has 1 aliphatic heterocycles. The molecule has 1 rings (SSSR count). The predicted molar refractivity (Wildman–Crippen MR) is 36.0 cm³/mol. The Morgan fingerprint density at radius 3 is 2.08 bits per heavy atom. The van der Waals surface area contributed by atoms with Gasteiger partial charge in [0.2, 0.25) is 0 Å². The van der Waals surface area contributed by atoms with Crippen LogP contribution in [-0.4, -0.2) is 62.8 Å². The number of hydrogen-bond donors (Lipinski definition) is 5. The van der Waals surface area contributed by atoms with E-state index in [9.17, 15) is 0 Å². The Morgan fingerprint density at radius 2 is 1.75 bits per heavy atom. The molecule has 0 aromatic carbocycles. The zero-order valence-corrected chi connectivity index (χ0v) is 6.24. The molecule has 0 spiro atoms. The maximum atomic E-state index is 9.12. The maximum Gasteiger partial charge on any atom is 0.184 e. The third-order valence-electron chi connectivity index (χ3n) is 1.84. The van der Waals surface area contributed by atoms with Gasteiger partial charge in [0.15, 0.2) is 6.29 Å². The molecule has 0 radical (unpaired) electrons. The number of aliphatic hydroxyl groups is 5. The van der Waals surface area contributed by atoms with E-state index >= 15 is 0 Å². The summed E-state index contributed by atoms with van der Waals surface area (Å²) in [4.78, 5) is 0. The zero-order chi connectivity index (χ0) is 9.30. The van der Waals surface area contributed by atoms with E-state index < -0.39 is 37.3 Å². The van der Waals surface area contributed by atoms with Crippen molar-refractivity contribution >= 4 is 0 Å². The van der Waals surface area contributed by atoms with Crippen molar-refractivity contribution in [3.8, 4) is 0 Å². The van der Waals surface area contributed by atoms with Gasteiger partial charge in [-0.25, -0.2) is 0 Å². The Hall–Kier alpha value is -0.240. The molecular weight excluding hydrogens is 168 g/mol. The summed E-state index contributed by atoms with van der Waals surface area (Å²) >= 11 is 0. The normalized spacial score (nSPS) is 44.8. The van der Waals surface area contributed by atoms with Crippen LogP contribution in [0.2, 0.25) is 0 Å². The average Bonchev–Trinajstić information content (AvgIpc) is 2.32. The minimum Gasteiger partial charge on any atom is -0.394 e. The van der Waals surface area contributed by atoms with E-state index in [-0.39, 0.29) is 0 Å². The summed E-state index contributed by atoms with van der Waals surface area (Å²) in [5, 5.41) is 44.4. The SMILES string of the molecule is OCC(O)[C@H]1O[C@H](O)[C@H](O)[C@@H]1O. The fourth-order valence-electron chi connectivity index (χ4n) is 1.11. The predicted octanol–water partition coefficient (Wildman–Crippen LogP) is -3.22. The minimum atomic E-state index is -1.51. The van der Waals surface area contributed by atoms with Gasteiger partial charge in [-0.3, -0.25) is 0 Å². The Balaban J connectivity index is 2.58. The Labute approximate surface area is 68.6 Å². The molecule has 6 heteroatoms. The highest BCUT2D eigenvalue weighted by Crippen LogP contribution is 2.21. The first kappa shape index (κ1) is 9.85. The molecule has 0 aromatic rings. The van der Waals surface area contributed by atoms with Crippen LogP contribution in [0.15, 0.2) is 0 Å². The monoisotopic (exact) mass is 180 g/mol. The van der Waals surface area contributed by atoms with Gasteiger partial charge in [-0.1, -0.05) is 0 Å². The number of ether oxygens (including phenoxy) is 1. The first-order chi connectivity index (χ1) is 5.57. The molecule has 1 heterocycles. The minimum absolute atomic E-state index is 0.596. The molecule has 5 atom stereocenters. The van der Waals surface area contributed by atoms with Crippen LogP contribution < -0.4 is 0 Å². The molecule has 0 aliphatic carbocycles. The van der Waals surface area contributed by atoms with Gasteiger partial charge in [0.05, 0.1) is 6.61 Å². The summed E-state index contributed by atoms with van der Waals surface area (Å²) in [6.07, 6.45) is -6.75. The van der Waals surface area contributed by atoms with E-state index in [4.69, 9.17) is 25.5 Å². The van der Waals surface area contributed by atoms with E-state index in [1.807, 2.05) is 0 Å². The van der Waals surface area contributed by atoms with Gasteiger partial charge in [0, 0.05) is 0 Å². The van der Waals surface area contributed by atoms with Crippen molar-refractivity contribution < 1.29 is 30.3 Å². The number of aliphatic hydroxyl groups excluding tert-OH is 5.